The molecular weight excluding hydrogens is 393 g/mol. The Balaban J connectivity index is 1.72. The van der Waals surface area contributed by atoms with Crippen molar-refractivity contribution in [2.75, 3.05) is 7.11 Å². The average molecular weight is 408 g/mol. The molecule has 0 fully saturated rings. The van der Waals surface area contributed by atoms with Gasteiger partial charge in [-0.1, -0.05) is 24.3 Å². The molecule has 1 N–H and O–H groups in total. The molecule has 1 heterocycles. The first-order valence-corrected chi connectivity index (χ1v) is 8.24. The summed E-state index contributed by atoms with van der Waals surface area (Å²) in [4.78, 5) is 10.5. The molecule has 0 saturated carbocycles. The second-order valence-electron chi connectivity index (χ2n) is 5.83. The summed E-state index contributed by atoms with van der Waals surface area (Å²) in [5, 5.41) is 8.53. The number of methoxy groups -OCH3 is 1. The quantitative estimate of drug-likeness (QED) is 0.534. The molecule has 0 atom stereocenters. The van der Waals surface area contributed by atoms with Crippen molar-refractivity contribution < 1.29 is 41.7 Å². The number of halogens is 3. The minimum atomic E-state index is -4.82. The van der Waals surface area contributed by atoms with Crippen LogP contribution in [-0.4, -0.2) is 18.4 Å². The number of alkyl halides is 3. The summed E-state index contributed by atoms with van der Waals surface area (Å²) in [6, 6.07) is 15.0. The standard InChI is InChI=1S/C20H15F3O6/c1-26-15-6-2-12(3-7-15)13-4-8-16(9-5-13)27-11-14-10-17(29-19(24)25)28-18(14)20(21,22)23/h2-10H,11H2,1H3,(H,24,25). The first-order valence-electron chi connectivity index (χ1n) is 8.24. The maximum Gasteiger partial charge on any atom is 0.513 e. The van der Waals surface area contributed by atoms with E-state index in [2.05, 4.69) is 9.15 Å². The number of rotatable bonds is 6. The van der Waals surface area contributed by atoms with Crippen LogP contribution in [0.1, 0.15) is 11.3 Å². The van der Waals surface area contributed by atoms with Gasteiger partial charge in [0.05, 0.1) is 7.11 Å². The molecule has 9 heteroatoms. The zero-order chi connectivity index (χ0) is 21.0. The monoisotopic (exact) mass is 408 g/mol. The topological polar surface area (TPSA) is 78.1 Å². The maximum absolute atomic E-state index is 13.1. The summed E-state index contributed by atoms with van der Waals surface area (Å²) in [7, 11) is 1.57. The fourth-order valence-electron chi connectivity index (χ4n) is 2.58. The Morgan fingerprint density at radius 2 is 1.55 bits per heavy atom. The van der Waals surface area contributed by atoms with E-state index in [1.807, 2.05) is 24.3 Å². The van der Waals surface area contributed by atoms with Crippen LogP contribution in [0.5, 0.6) is 17.4 Å². The van der Waals surface area contributed by atoms with Gasteiger partial charge < -0.3 is 23.7 Å². The number of carboxylic acid groups (broad SMARTS) is 1. The summed E-state index contributed by atoms with van der Waals surface area (Å²) in [5.74, 6) is -1.10. The third-order valence-electron chi connectivity index (χ3n) is 3.90. The lowest BCUT2D eigenvalue weighted by molar-refractivity contribution is -0.154. The van der Waals surface area contributed by atoms with E-state index in [1.165, 1.54) is 0 Å². The second-order valence-corrected chi connectivity index (χ2v) is 5.83. The van der Waals surface area contributed by atoms with Crippen LogP contribution in [-0.2, 0) is 12.8 Å². The fraction of sp³-hybridized carbons (Fsp3) is 0.150. The van der Waals surface area contributed by atoms with E-state index in [0.29, 0.717) is 5.75 Å². The number of hydrogen-bond donors (Lipinski definition) is 1. The van der Waals surface area contributed by atoms with Crippen LogP contribution >= 0.6 is 0 Å². The largest absolute Gasteiger partial charge is 0.513 e. The van der Waals surface area contributed by atoms with Crippen molar-refractivity contribution in [3.05, 3.63) is 65.9 Å². The van der Waals surface area contributed by atoms with Gasteiger partial charge in [-0.2, -0.15) is 13.2 Å². The Morgan fingerprint density at radius 3 is 2.03 bits per heavy atom. The minimum absolute atomic E-state index is 0.331. The molecule has 3 rings (SSSR count). The van der Waals surface area contributed by atoms with Gasteiger partial charge in [-0.15, -0.1) is 0 Å². The van der Waals surface area contributed by atoms with Crippen LogP contribution < -0.4 is 14.2 Å². The van der Waals surface area contributed by atoms with Gasteiger partial charge in [0, 0.05) is 11.6 Å². The first kappa shape index (κ1) is 20.1. The van der Waals surface area contributed by atoms with Crippen molar-refractivity contribution in [1.29, 1.82) is 0 Å². The van der Waals surface area contributed by atoms with E-state index in [-0.39, 0.29) is 5.56 Å². The van der Waals surface area contributed by atoms with Gasteiger partial charge in [0.25, 0.3) is 5.95 Å². The summed E-state index contributed by atoms with van der Waals surface area (Å²) in [6.07, 6.45) is -6.61. The summed E-state index contributed by atoms with van der Waals surface area (Å²) < 4.78 is 58.3. The highest BCUT2D eigenvalue weighted by Crippen LogP contribution is 2.37. The summed E-state index contributed by atoms with van der Waals surface area (Å²) >= 11 is 0. The van der Waals surface area contributed by atoms with Crippen LogP contribution in [0.4, 0.5) is 18.0 Å². The predicted molar refractivity (Wildman–Crippen MR) is 95.1 cm³/mol. The number of carbonyl (C=O) groups is 1. The Bertz CT molecular complexity index is 975. The Kier molecular flexibility index (Phi) is 5.67. The maximum atomic E-state index is 13.1. The molecular formula is C20H15F3O6. The van der Waals surface area contributed by atoms with Crippen molar-refractivity contribution in [3.63, 3.8) is 0 Å². The predicted octanol–water partition coefficient (Wildman–Crippen LogP) is 5.61. The van der Waals surface area contributed by atoms with E-state index >= 15 is 0 Å². The van der Waals surface area contributed by atoms with Crippen LogP contribution in [0.2, 0.25) is 0 Å². The molecule has 0 amide bonds. The lowest BCUT2D eigenvalue weighted by Gasteiger charge is -2.09. The summed E-state index contributed by atoms with van der Waals surface area (Å²) in [6.45, 7) is -0.483. The molecule has 3 aromatic rings. The van der Waals surface area contributed by atoms with Gasteiger partial charge in [-0.05, 0) is 35.4 Å². The molecule has 0 aliphatic rings. The molecule has 0 spiro atoms. The van der Waals surface area contributed by atoms with Crippen LogP contribution in [0.3, 0.4) is 0 Å². The van der Waals surface area contributed by atoms with Crippen molar-refractivity contribution in [2.24, 2.45) is 0 Å². The molecule has 6 nitrogen and oxygen atoms in total. The highest BCUT2D eigenvalue weighted by molar-refractivity contribution is 5.65. The van der Waals surface area contributed by atoms with E-state index in [9.17, 15) is 18.0 Å². The first-order chi connectivity index (χ1) is 13.8. The van der Waals surface area contributed by atoms with Crippen LogP contribution in [0, 0.1) is 0 Å². The average Bonchev–Trinajstić information content (AvgIpc) is 3.09. The normalized spacial score (nSPS) is 11.2. The number of ether oxygens (including phenoxy) is 3. The van der Waals surface area contributed by atoms with E-state index in [1.54, 1.807) is 31.4 Å². The molecule has 0 aliphatic carbocycles. The molecule has 29 heavy (non-hydrogen) atoms. The lowest BCUT2D eigenvalue weighted by Crippen LogP contribution is -2.08. The van der Waals surface area contributed by atoms with Crippen molar-refractivity contribution in [2.45, 2.75) is 12.8 Å². The van der Waals surface area contributed by atoms with Crippen molar-refractivity contribution >= 4 is 6.16 Å². The molecule has 0 unspecified atom stereocenters. The Labute approximate surface area is 163 Å². The SMILES string of the molecule is COc1ccc(-c2ccc(OCc3cc(OC(=O)O)oc3C(F)(F)F)cc2)cc1. The molecule has 0 bridgehead atoms. The number of benzene rings is 2. The third kappa shape index (κ3) is 5.01. The number of hydrogen-bond acceptors (Lipinski definition) is 5. The zero-order valence-corrected chi connectivity index (χ0v) is 15.0. The van der Waals surface area contributed by atoms with Gasteiger partial charge in [-0.3, -0.25) is 0 Å². The van der Waals surface area contributed by atoms with Gasteiger partial charge >= 0.3 is 12.3 Å². The zero-order valence-electron chi connectivity index (χ0n) is 15.0. The Hall–Kier alpha value is -3.62. The lowest BCUT2D eigenvalue weighted by atomic mass is 10.1. The molecule has 0 aliphatic heterocycles. The highest BCUT2D eigenvalue weighted by Gasteiger charge is 2.39. The highest BCUT2D eigenvalue weighted by atomic mass is 19.4. The number of furan rings is 1. The summed E-state index contributed by atoms with van der Waals surface area (Å²) in [5.41, 5.74) is 1.44. The van der Waals surface area contributed by atoms with Crippen LogP contribution in [0.15, 0.2) is 59.0 Å². The smallest absolute Gasteiger partial charge is 0.497 e. The molecule has 1 aromatic heterocycles. The Morgan fingerprint density at radius 1 is 1.00 bits per heavy atom. The third-order valence-corrected chi connectivity index (χ3v) is 3.90. The van der Waals surface area contributed by atoms with Gasteiger partial charge in [0.1, 0.15) is 18.1 Å². The molecule has 0 radical (unpaired) electrons. The second kappa shape index (κ2) is 8.17. The molecule has 0 saturated heterocycles. The van der Waals surface area contributed by atoms with Gasteiger partial charge in [0.2, 0.25) is 5.76 Å². The molecule has 2 aromatic carbocycles. The van der Waals surface area contributed by atoms with E-state index in [0.717, 1.165) is 22.9 Å². The fourth-order valence-corrected chi connectivity index (χ4v) is 2.58. The van der Waals surface area contributed by atoms with Gasteiger partial charge in [-0.25, -0.2) is 4.79 Å². The van der Waals surface area contributed by atoms with Crippen molar-refractivity contribution in [1.82, 2.24) is 0 Å². The van der Waals surface area contributed by atoms with E-state index in [4.69, 9.17) is 14.6 Å². The van der Waals surface area contributed by atoms with Gasteiger partial charge in [0.15, 0.2) is 0 Å². The molecule has 152 valence electrons. The van der Waals surface area contributed by atoms with Crippen LogP contribution in [0.25, 0.3) is 11.1 Å². The van der Waals surface area contributed by atoms with E-state index < -0.39 is 30.6 Å². The van der Waals surface area contributed by atoms with Crippen molar-refractivity contribution in [3.8, 4) is 28.6 Å². The minimum Gasteiger partial charge on any atom is -0.497 e.